The summed E-state index contributed by atoms with van der Waals surface area (Å²) in [6, 6.07) is 12.1. The van der Waals surface area contributed by atoms with Crippen LogP contribution >= 0.6 is 0 Å². The topological polar surface area (TPSA) is 65.1 Å². The highest BCUT2D eigenvalue weighted by molar-refractivity contribution is 6.03. The van der Waals surface area contributed by atoms with Gasteiger partial charge >= 0.3 is 0 Å². The van der Waals surface area contributed by atoms with Crippen molar-refractivity contribution < 1.29 is 9.50 Å². The molecule has 0 bridgehead atoms. The molecule has 0 amide bonds. The largest absolute Gasteiger partial charge is 0.507 e. The van der Waals surface area contributed by atoms with Crippen LogP contribution in [0.1, 0.15) is 30.1 Å². The molecule has 1 fully saturated rings. The molecular weight excluding hydrogens is 331 g/mol. The number of phenolic OH excluding ortho intramolecular Hbond substituents is 1. The third-order valence-corrected chi connectivity index (χ3v) is 5.26. The highest BCUT2D eigenvalue weighted by Gasteiger charge is 2.35. The summed E-state index contributed by atoms with van der Waals surface area (Å²) in [5, 5.41) is 10.3. The Kier molecular flexibility index (Phi) is 4.38. The maximum absolute atomic E-state index is 14.0. The third kappa shape index (κ3) is 2.95. The second-order valence-electron chi connectivity index (χ2n) is 7.01. The molecule has 2 aromatic rings. The highest BCUT2D eigenvalue weighted by Crippen LogP contribution is 2.39. The second kappa shape index (κ2) is 6.70. The summed E-state index contributed by atoms with van der Waals surface area (Å²) in [6.07, 6.45) is 1.69. The zero-order valence-corrected chi connectivity index (χ0v) is 14.8. The molecule has 2 aromatic carbocycles. The van der Waals surface area contributed by atoms with Crippen molar-refractivity contribution in [2.75, 3.05) is 20.1 Å². The smallest absolute Gasteiger partial charge is 0.141 e. The minimum atomic E-state index is -0.267. The molecule has 2 aliphatic heterocycles. The Hall–Kier alpha value is -2.44. The van der Waals surface area contributed by atoms with E-state index in [-0.39, 0.29) is 23.8 Å². The number of fused-ring (bicyclic) bond motifs is 1. The first kappa shape index (κ1) is 17.0. The third-order valence-electron chi connectivity index (χ3n) is 5.26. The van der Waals surface area contributed by atoms with Gasteiger partial charge in [-0.15, -0.1) is 0 Å². The summed E-state index contributed by atoms with van der Waals surface area (Å²) in [6.45, 7) is 1.69. The van der Waals surface area contributed by atoms with E-state index in [2.05, 4.69) is 4.90 Å². The second-order valence-corrected chi connectivity index (χ2v) is 7.01. The van der Waals surface area contributed by atoms with Crippen molar-refractivity contribution in [1.29, 1.82) is 0 Å². The number of nitrogens with zero attached hydrogens (tertiary/aromatic N) is 3. The molecule has 4 rings (SSSR count). The van der Waals surface area contributed by atoms with Crippen LogP contribution in [0.4, 0.5) is 10.1 Å². The van der Waals surface area contributed by atoms with E-state index in [0.717, 1.165) is 37.2 Å². The number of nitrogens with two attached hydrogens (primary N) is 1. The maximum Gasteiger partial charge on any atom is 0.141 e. The Balaban J connectivity index is 1.81. The number of hydrogen-bond acceptors (Lipinski definition) is 5. The van der Waals surface area contributed by atoms with Gasteiger partial charge in [-0.25, -0.2) is 9.38 Å². The van der Waals surface area contributed by atoms with Crippen LogP contribution in [0.5, 0.6) is 5.75 Å². The van der Waals surface area contributed by atoms with Gasteiger partial charge in [-0.2, -0.15) is 0 Å². The zero-order valence-electron chi connectivity index (χ0n) is 14.8. The van der Waals surface area contributed by atoms with Crippen LogP contribution in [0.3, 0.4) is 0 Å². The van der Waals surface area contributed by atoms with Crippen LogP contribution in [0.15, 0.2) is 47.5 Å². The zero-order chi connectivity index (χ0) is 18.3. The lowest BCUT2D eigenvalue weighted by molar-refractivity contribution is 0.0782. The van der Waals surface area contributed by atoms with Gasteiger partial charge in [0, 0.05) is 31.7 Å². The standard InChI is InChI=1S/C20H23FN4O/c1-24-19(15-4-2-3-5-18(15)26)23-17-7-6-13(21)12-16(17)20(24)25-10-8-14(22)9-11-25/h2-7,12,14,20,26H,8-11,22H2,1H3. The fourth-order valence-electron chi connectivity index (χ4n) is 3.87. The van der Waals surface area contributed by atoms with Crippen LogP contribution in [0.2, 0.25) is 0 Å². The lowest BCUT2D eigenvalue weighted by atomic mass is 9.99. The van der Waals surface area contributed by atoms with Crippen molar-refractivity contribution in [2.45, 2.75) is 25.0 Å². The molecule has 1 atom stereocenters. The molecule has 3 N–H and O–H groups in total. The number of aromatic hydroxyl groups is 1. The van der Waals surface area contributed by atoms with Gasteiger partial charge < -0.3 is 15.7 Å². The number of aliphatic imine (C=N–C) groups is 1. The molecule has 1 saturated heterocycles. The molecule has 0 spiro atoms. The van der Waals surface area contributed by atoms with E-state index in [1.165, 1.54) is 6.07 Å². The summed E-state index contributed by atoms with van der Waals surface area (Å²) < 4.78 is 14.0. The van der Waals surface area contributed by atoms with Crippen LogP contribution in [0.25, 0.3) is 0 Å². The average Bonchev–Trinajstić information content (AvgIpc) is 2.63. The number of piperidine rings is 1. The quantitative estimate of drug-likeness (QED) is 0.870. The van der Waals surface area contributed by atoms with Gasteiger partial charge in [0.05, 0.1) is 11.3 Å². The van der Waals surface area contributed by atoms with E-state index < -0.39 is 0 Å². The lowest BCUT2D eigenvalue weighted by Gasteiger charge is -2.44. The molecular formula is C20H23FN4O. The SMILES string of the molecule is CN1C(c2ccccc2O)=Nc2ccc(F)cc2C1N1CCC(N)CC1. The van der Waals surface area contributed by atoms with Crippen LogP contribution in [0, 0.1) is 5.82 Å². The Labute approximate surface area is 152 Å². The Morgan fingerprint density at radius 1 is 1.15 bits per heavy atom. The molecule has 136 valence electrons. The number of halogens is 1. The molecule has 6 heteroatoms. The first-order valence-electron chi connectivity index (χ1n) is 8.93. The fourth-order valence-corrected chi connectivity index (χ4v) is 3.87. The molecule has 26 heavy (non-hydrogen) atoms. The van der Waals surface area contributed by atoms with Crippen molar-refractivity contribution in [3.8, 4) is 5.75 Å². The van der Waals surface area contributed by atoms with Crippen molar-refractivity contribution in [3.63, 3.8) is 0 Å². The minimum absolute atomic E-state index is 0.139. The number of hydrogen-bond donors (Lipinski definition) is 2. The number of likely N-dealkylation sites (tertiary alicyclic amines) is 1. The Morgan fingerprint density at radius 3 is 2.62 bits per heavy atom. The van der Waals surface area contributed by atoms with E-state index in [1.807, 2.05) is 24.1 Å². The monoisotopic (exact) mass is 354 g/mol. The van der Waals surface area contributed by atoms with Crippen molar-refractivity contribution >= 4 is 11.5 Å². The van der Waals surface area contributed by atoms with Crippen molar-refractivity contribution in [2.24, 2.45) is 10.7 Å². The predicted octanol–water partition coefficient (Wildman–Crippen LogP) is 2.98. The van der Waals surface area contributed by atoms with Gasteiger partial charge in [0.15, 0.2) is 0 Å². The molecule has 2 heterocycles. The number of phenols is 1. The van der Waals surface area contributed by atoms with E-state index in [4.69, 9.17) is 10.7 Å². The summed E-state index contributed by atoms with van der Waals surface area (Å²) >= 11 is 0. The summed E-state index contributed by atoms with van der Waals surface area (Å²) in [5.74, 6) is 0.599. The van der Waals surface area contributed by atoms with Crippen LogP contribution < -0.4 is 5.73 Å². The van der Waals surface area contributed by atoms with E-state index >= 15 is 0 Å². The van der Waals surface area contributed by atoms with E-state index in [1.54, 1.807) is 24.3 Å². The van der Waals surface area contributed by atoms with Gasteiger partial charge in [0.25, 0.3) is 0 Å². The molecule has 1 unspecified atom stereocenters. The van der Waals surface area contributed by atoms with Gasteiger partial charge in [-0.05, 0) is 43.2 Å². The Morgan fingerprint density at radius 2 is 1.88 bits per heavy atom. The summed E-state index contributed by atoms with van der Waals surface area (Å²) in [4.78, 5) is 9.06. The van der Waals surface area contributed by atoms with Gasteiger partial charge in [-0.3, -0.25) is 4.90 Å². The van der Waals surface area contributed by atoms with Crippen molar-refractivity contribution in [3.05, 3.63) is 59.4 Å². The van der Waals surface area contributed by atoms with E-state index in [9.17, 15) is 9.50 Å². The molecule has 2 aliphatic rings. The summed E-state index contributed by atoms with van der Waals surface area (Å²) in [5.41, 5.74) is 8.32. The molecule has 0 saturated carbocycles. The van der Waals surface area contributed by atoms with Crippen LogP contribution in [-0.2, 0) is 0 Å². The average molecular weight is 354 g/mol. The molecule has 0 aromatic heterocycles. The van der Waals surface area contributed by atoms with E-state index in [0.29, 0.717) is 11.4 Å². The number of benzene rings is 2. The highest BCUT2D eigenvalue weighted by atomic mass is 19.1. The fraction of sp³-hybridized carbons (Fsp3) is 0.350. The van der Waals surface area contributed by atoms with Gasteiger partial charge in [0.2, 0.25) is 0 Å². The molecule has 5 nitrogen and oxygen atoms in total. The first-order chi connectivity index (χ1) is 12.5. The number of rotatable bonds is 2. The Bertz CT molecular complexity index is 845. The number of amidine groups is 1. The predicted molar refractivity (Wildman–Crippen MR) is 100.0 cm³/mol. The first-order valence-corrected chi connectivity index (χ1v) is 8.93. The minimum Gasteiger partial charge on any atom is -0.507 e. The van der Waals surface area contributed by atoms with Gasteiger partial charge in [0.1, 0.15) is 23.6 Å². The maximum atomic E-state index is 14.0. The molecule has 0 aliphatic carbocycles. The number of para-hydroxylation sites is 1. The van der Waals surface area contributed by atoms with Crippen LogP contribution in [-0.4, -0.2) is 46.9 Å². The molecule has 0 radical (unpaired) electrons. The summed E-state index contributed by atoms with van der Waals surface area (Å²) in [7, 11) is 1.94. The van der Waals surface area contributed by atoms with Crippen molar-refractivity contribution in [1.82, 2.24) is 9.80 Å². The lowest BCUT2D eigenvalue weighted by Crippen LogP contribution is -2.49. The normalized spacial score (nSPS) is 21.4. The van der Waals surface area contributed by atoms with Gasteiger partial charge in [-0.1, -0.05) is 12.1 Å².